The number of furan rings is 1. The minimum atomic E-state index is -1.37. The molecule has 1 aromatic carbocycles. The van der Waals surface area contributed by atoms with Gasteiger partial charge in [-0.05, 0) is 32.0 Å². The smallest absolute Gasteiger partial charge is 0.188 e. The lowest BCUT2D eigenvalue weighted by Crippen LogP contribution is -2.19. The number of nitrogens with zero attached hydrogens (tertiary/aromatic N) is 2. The molecular formula is C17H13FN2O2. The first kappa shape index (κ1) is 14.2. The summed E-state index contributed by atoms with van der Waals surface area (Å²) in [5.41, 5.74) is 0.247. The molecule has 0 aliphatic rings. The Kier molecular flexibility index (Phi) is 3.19. The first-order chi connectivity index (χ1) is 10.4. The summed E-state index contributed by atoms with van der Waals surface area (Å²) in [5.74, 6) is -0.187. The molecule has 110 valence electrons. The number of hydrogen-bond acceptors (Lipinski definition) is 3. The number of halogens is 1. The molecule has 0 atom stereocenters. The second kappa shape index (κ2) is 4.93. The lowest BCUT2D eigenvalue weighted by molar-refractivity contribution is 0.0749. The van der Waals surface area contributed by atoms with Gasteiger partial charge in [0.25, 0.3) is 0 Å². The third-order valence-electron chi connectivity index (χ3n) is 3.41. The Morgan fingerprint density at radius 3 is 2.73 bits per heavy atom. The molecule has 0 fully saturated rings. The second-order valence-corrected chi connectivity index (χ2v) is 5.55. The molecule has 0 aliphatic heterocycles. The van der Waals surface area contributed by atoms with Crippen molar-refractivity contribution in [3.8, 4) is 11.3 Å². The van der Waals surface area contributed by atoms with Gasteiger partial charge in [0.15, 0.2) is 5.69 Å². The van der Waals surface area contributed by atoms with Crippen LogP contribution < -0.4 is 0 Å². The van der Waals surface area contributed by atoms with Crippen LogP contribution >= 0.6 is 0 Å². The van der Waals surface area contributed by atoms with Crippen LogP contribution in [0.5, 0.6) is 0 Å². The SMILES string of the molecule is [C-]#[N+]c1ccc2oc(-c3cncc(F)c3C(C)(C)O)cc2c1. The Morgan fingerprint density at radius 1 is 1.27 bits per heavy atom. The van der Waals surface area contributed by atoms with Crippen LogP contribution in [0.3, 0.4) is 0 Å². The molecule has 22 heavy (non-hydrogen) atoms. The minimum Gasteiger partial charge on any atom is -0.456 e. The van der Waals surface area contributed by atoms with Crippen LogP contribution in [0.25, 0.3) is 27.1 Å². The highest BCUT2D eigenvalue weighted by molar-refractivity contribution is 5.86. The maximum absolute atomic E-state index is 14.1. The Labute approximate surface area is 126 Å². The number of hydrogen-bond donors (Lipinski definition) is 1. The third kappa shape index (κ3) is 2.34. The Bertz CT molecular complexity index is 901. The standard InChI is InChI=1S/C17H13FN2O2/c1-17(2,21)16-12(8-20-9-13(16)18)15-7-10-6-11(19-3)4-5-14(10)22-15/h4-9,21H,1-2H3. The topological polar surface area (TPSA) is 50.6 Å². The zero-order valence-corrected chi connectivity index (χ0v) is 12.1. The van der Waals surface area contributed by atoms with Gasteiger partial charge in [-0.25, -0.2) is 9.24 Å². The molecule has 0 radical (unpaired) electrons. The predicted molar refractivity (Wildman–Crippen MR) is 80.9 cm³/mol. The number of aliphatic hydroxyl groups is 1. The van der Waals surface area contributed by atoms with Crippen molar-refractivity contribution in [1.29, 1.82) is 0 Å². The molecular weight excluding hydrogens is 283 g/mol. The second-order valence-electron chi connectivity index (χ2n) is 5.55. The van der Waals surface area contributed by atoms with Gasteiger partial charge in [0.1, 0.15) is 17.2 Å². The number of rotatable bonds is 2. The minimum absolute atomic E-state index is 0.131. The summed E-state index contributed by atoms with van der Waals surface area (Å²) in [7, 11) is 0. The van der Waals surface area contributed by atoms with E-state index in [-0.39, 0.29) is 5.56 Å². The lowest BCUT2D eigenvalue weighted by Gasteiger charge is -2.20. The van der Waals surface area contributed by atoms with Crippen molar-refractivity contribution in [2.75, 3.05) is 0 Å². The monoisotopic (exact) mass is 296 g/mol. The van der Waals surface area contributed by atoms with Gasteiger partial charge in [0.05, 0.1) is 18.4 Å². The number of aromatic nitrogens is 1. The van der Waals surface area contributed by atoms with Gasteiger partial charge in [-0.2, -0.15) is 0 Å². The fraction of sp³-hybridized carbons (Fsp3) is 0.176. The predicted octanol–water partition coefficient (Wildman–Crippen LogP) is 4.41. The summed E-state index contributed by atoms with van der Waals surface area (Å²) >= 11 is 0. The van der Waals surface area contributed by atoms with Gasteiger partial charge in [-0.3, -0.25) is 4.98 Å². The van der Waals surface area contributed by atoms with Gasteiger partial charge >= 0.3 is 0 Å². The van der Waals surface area contributed by atoms with Gasteiger partial charge in [-0.1, -0.05) is 6.07 Å². The van der Waals surface area contributed by atoms with E-state index < -0.39 is 11.4 Å². The number of benzene rings is 1. The maximum Gasteiger partial charge on any atom is 0.188 e. The van der Waals surface area contributed by atoms with Crippen molar-refractivity contribution in [1.82, 2.24) is 4.98 Å². The average molecular weight is 296 g/mol. The normalized spacial score (nSPS) is 11.6. The van der Waals surface area contributed by atoms with E-state index >= 15 is 0 Å². The number of fused-ring (bicyclic) bond motifs is 1. The van der Waals surface area contributed by atoms with Gasteiger partial charge in [0.2, 0.25) is 0 Å². The molecule has 2 heterocycles. The summed E-state index contributed by atoms with van der Waals surface area (Å²) in [5, 5.41) is 11.0. The maximum atomic E-state index is 14.1. The van der Waals surface area contributed by atoms with Crippen LogP contribution in [0.2, 0.25) is 0 Å². The Hall–Kier alpha value is -2.71. The van der Waals surface area contributed by atoms with E-state index in [1.54, 1.807) is 24.3 Å². The summed E-state index contributed by atoms with van der Waals surface area (Å²) in [6, 6.07) is 6.77. The summed E-state index contributed by atoms with van der Waals surface area (Å²) < 4.78 is 19.8. The molecule has 5 heteroatoms. The van der Waals surface area contributed by atoms with Crippen molar-refractivity contribution in [3.63, 3.8) is 0 Å². The molecule has 0 saturated carbocycles. The Morgan fingerprint density at radius 2 is 2.05 bits per heavy atom. The van der Waals surface area contributed by atoms with Crippen LogP contribution in [-0.4, -0.2) is 10.1 Å². The van der Waals surface area contributed by atoms with E-state index in [2.05, 4.69) is 9.83 Å². The Balaban J connectivity index is 2.24. The zero-order chi connectivity index (χ0) is 15.9. The summed E-state index contributed by atoms with van der Waals surface area (Å²) in [6.07, 6.45) is 2.53. The van der Waals surface area contributed by atoms with Gasteiger partial charge in [0, 0.05) is 22.7 Å². The van der Waals surface area contributed by atoms with Crippen molar-refractivity contribution in [3.05, 3.63) is 59.5 Å². The van der Waals surface area contributed by atoms with Crippen LogP contribution in [0, 0.1) is 12.4 Å². The molecule has 0 bridgehead atoms. The van der Waals surface area contributed by atoms with Crippen molar-refractivity contribution in [2.45, 2.75) is 19.4 Å². The fourth-order valence-electron chi connectivity index (χ4n) is 2.48. The van der Waals surface area contributed by atoms with Crippen LogP contribution in [0.4, 0.5) is 10.1 Å². The van der Waals surface area contributed by atoms with Crippen molar-refractivity contribution < 1.29 is 13.9 Å². The van der Waals surface area contributed by atoms with E-state index in [1.165, 1.54) is 20.0 Å². The molecule has 0 spiro atoms. The largest absolute Gasteiger partial charge is 0.456 e. The van der Waals surface area contributed by atoms with Crippen molar-refractivity contribution in [2.24, 2.45) is 0 Å². The molecule has 0 amide bonds. The van der Waals surface area contributed by atoms with Crippen molar-refractivity contribution >= 4 is 16.7 Å². The van der Waals surface area contributed by atoms with E-state index in [0.29, 0.717) is 22.6 Å². The molecule has 0 aliphatic carbocycles. The first-order valence-corrected chi connectivity index (χ1v) is 6.68. The molecule has 0 unspecified atom stereocenters. The van der Waals surface area contributed by atoms with Crippen LogP contribution in [0.15, 0.2) is 41.1 Å². The highest BCUT2D eigenvalue weighted by atomic mass is 19.1. The molecule has 1 N–H and O–H groups in total. The highest BCUT2D eigenvalue weighted by Gasteiger charge is 2.26. The molecule has 2 aromatic heterocycles. The first-order valence-electron chi connectivity index (χ1n) is 6.68. The van der Waals surface area contributed by atoms with Gasteiger partial charge < -0.3 is 9.52 Å². The van der Waals surface area contributed by atoms with Crippen LogP contribution in [0.1, 0.15) is 19.4 Å². The number of pyridine rings is 1. The lowest BCUT2D eigenvalue weighted by atomic mass is 9.93. The zero-order valence-electron chi connectivity index (χ0n) is 12.1. The highest BCUT2D eigenvalue weighted by Crippen LogP contribution is 2.36. The van der Waals surface area contributed by atoms with E-state index in [1.807, 2.05) is 0 Å². The quantitative estimate of drug-likeness (QED) is 0.712. The average Bonchev–Trinajstić information content (AvgIpc) is 2.88. The van der Waals surface area contributed by atoms with Crippen LogP contribution in [-0.2, 0) is 5.60 Å². The molecule has 4 nitrogen and oxygen atoms in total. The molecule has 0 saturated heterocycles. The fourth-order valence-corrected chi connectivity index (χ4v) is 2.48. The summed E-state index contributed by atoms with van der Waals surface area (Å²) in [4.78, 5) is 7.21. The third-order valence-corrected chi connectivity index (χ3v) is 3.41. The van der Waals surface area contributed by atoms with E-state index in [9.17, 15) is 9.50 Å². The van der Waals surface area contributed by atoms with E-state index in [0.717, 1.165) is 11.6 Å². The van der Waals surface area contributed by atoms with Gasteiger partial charge in [-0.15, -0.1) is 0 Å². The molecule has 3 aromatic rings. The molecule has 3 rings (SSSR count). The summed E-state index contributed by atoms with van der Waals surface area (Å²) in [6.45, 7) is 10.1. The van der Waals surface area contributed by atoms with E-state index in [4.69, 9.17) is 11.0 Å².